The van der Waals surface area contributed by atoms with Crippen LogP contribution in [0.15, 0.2) is 18.2 Å². The zero-order valence-corrected chi connectivity index (χ0v) is 13.7. The number of ether oxygens (including phenoxy) is 2. The second kappa shape index (κ2) is 8.03. The molecule has 0 aromatic heterocycles. The van der Waals surface area contributed by atoms with Gasteiger partial charge in [-0.25, -0.2) is 0 Å². The van der Waals surface area contributed by atoms with Crippen molar-refractivity contribution < 1.29 is 14.3 Å². The first-order valence-corrected chi connectivity index (χ1v) is 7.87. The SMILES string of the molecule is CNC[C@H]1CCCN1C(=O)CCOc1ccc(C)cc1OC. The number of carbonyl (C=O) groups excluding carboxylic acids is 1. The molecule has 1 N–H and O–H groups in total. The van der Waals surface area contributed by atoms with Crippen molar-refractivity contribution in [3.05, 3.63) is 23.8 Å². The van der Waals surface area contributed by atoms with E-state index in [0.717, 1.165) is 31.5 Å². The van der Waals surface area contributed by atoms with Crippen molar-refractivity contribution in [3.8, 4) is 11.5 Å². The van der Waals surface area contributed by atoms with Gasteiger partial charge in [-0.1, -0.05) is 6.07 Å². The van der Waals surface area contributed by atoms with Crippen molar-refractivity contribution in [1.82, 2.24) is 10.2 Å². The Bertz CT molecular complexity index is 505. The van der Waals surface area contributed by atoms with E-state index in [-0.39, 0.29) is 5.91 Å². The van der Waals surface area contributed by atoms with Crippen molar-refractivity contribution in [2.24, 2.45) is 0 Å². The molecule has 1 aliphatic rings. The first-order valence-electron chi connectivity index (χ1n) is 7.87. The second-order valence-corrected chi connectivity index (χ2v) is 5.69. The van der Waals surface area contributed by atoms with E-state index in [1.165, 1.54) is 0 Å². The van der Waals surface area contributed by atoms with E-state index in [9.17, 15) is 4.79 Å². The monoisotopic (exact) mass is 306 g/mol. The van der Waals surface area contributed by atoms with E-state index in [4.69, 9.17) is 9.47 Å². The predicted octanol–water partition coefficient (Wildman–Crippen LogP) is 1.98. The van der Waals surface area contributed by atoms with Gasteiger partial charge in [-0.3, -0.25) is 4.79 Å². The smallest absolute Gasteiger partial charge is 0.226 e. The van der Waals surface area contributed by atoms with Gasteiger partial charge in [0.15, 0.2) is 11.5 Å². The Morgan fingerprint density at radius 1 is 1.41 bits per heavy atom. The molecular formula is C17H26N2O3. The summed E-state index contributed by atoms with van der Waals surface area (Å²) in [5.74, 6) is 1.57. The zero-order valence-electron chi connectivity index (χ0n) is 13.7. The quantitative estimate of drug-likeness (QED) is 0.837. The van der Waals surface area contributed by atoms with Crippen LogP contribution in [-0.2, 0) is 4.79 Å². The Balaban J connectivity index is 1.84. The Kier molecular flexibility index (Phi) is 6.07. The summed E-state index contributed by atoms with van der Waals surface area (Å²) in [5.41, 5.74) is 1.12. The molecule has 0 radical (unpaired) electrons. The molecule has 1 aromatic rings. The van der Waals surface area contributed by atoms with E-state index in [1.54, 1.807) is 7.11 Å². The molecule has 0 unspecified atom stereocenters. The minimum Gasteiger partial charge on any atom is -0.493 e. The highest BCUT2D eigenvalue weighted by Crippen LogP contribution is 2.28. The molecule has 1 heterocycles. The molecule has 2 rings (SSSR count). The van der Waals surface area contributed by atoms with Gasteiger partial charge in [0.05, 0.1) is 20.1 Å². The van der Waals surface area contributed by atoms with Crippen LogP contribution in [0.25, 0.3) is 0 Å². The summed E-state index contributed by atoms with van der Waals surface area (Å²) in [6.07, 6.45) is 2.57. The van der Waals surface area contributed by atoms with Gasteiger partial charge in [-0.05, 0) is 44.5 Å². The molecule has 1 saturated heterocycles. The van der Waals surface area contributed by atoms with Gasteiger partial charge < -0.3 is 19.7 Å². The maximum atomic E-state index is 12.3. The van der Waals surface area contributed by atoms with Crippen LogP contribution in [0.5, 0.6) is 11.5 Å². The van der Waals surface area contributed by atoms with E-state index >= 15 is 0 Å². The van der Waals surface area contributed by atoms with Crippen LogP contribution < -0.4 is 14.8 Å². The number of rotatable bonds is 7. The largest absolute Gasteiger partial charge is 0.493 e. The molecular weight excluding hydrogens is 280 g/mol. The maximum absolute atomic E-state index is 12.3. The van der Waals surface area contributed by atoms with Crippen molar-refractivity contribution in [2.45, 2.75) is 32.2 Å². The highest BCUT2D eigenvalue weighted by molar-refractivity contribution is 5.77. The number of hydrogen-bond donors (Lipinski definition) is 1. The molecule has 1 fully saturated rings. The van der Waals surface area contributed by atoms with Crippen molar-refractivity contribution in [2.75, 3.05) is 33.9 Å². The van der Waals surface area contributed by atoms with Gasteiger partial charge in [0, 0.05) is 19.1 Å². The number of aryl methyl sites for hydroxylation is 1. The number of amides is 1. The number of hydrogen-bond acceptors (Lipinski definition) is 4. The first-order chi connectivity index (χ1) is 10.7. The van der Waals surface area contributed by atoms with Crippen LogP contribution >= 0.6 is 0 Å². The second-order valence-electron chi connectivity index (χ2n) is 5.69. The average molecular weight is 306 g/mol. The zero-order chi connectivity index (χ0) is 15.9. The lowest BCUT2D eigenvalue weighted by molar-refractivity contribution is -0.132. The summed E-state index contributed by atoms with van der Waals surface area (Å²) in [7, 11) is 3.55. The molecule has 0 spiro atoms. The van der Waals surface area contributed by atoms with Crippen LogP contribution in [0.2, 0.25) is 0 Å². The molecule has 0 aliphatic carbocycles. The normalized spacial score (nSPS) is 17.6. The predicted molar refractivity (Wildman–Crippen MR) is 86.5 cm³/mol. The first kappa shape index (κ1) is 16.6. The summed E-state index contributed by atoms with van der Waals surface area (Å²) in [5, 5.41) is 3.16. The van der Waals surface area contributed by atoms with Crippen molar-refractivity contribution >= 4 is 5.91 Å². The molecule has 1 aromatic carbocycles. The minimum absolute atomic E-state index is 0.170. The van der Waals surface area contributed by atoms with Gasteiger partial charge in [0.2, 0.25) is 5.91 Å². The lowest BCUT2D eigenvalue weighted by Crippen LogP contribution is -2.41. The van der Waals surface area contributed by atoms with Crippen LogP contribution in [0.4, 0.5) is 0 Å². The number of likely N-dealkylation sites (N-methyl/N-ethyl adjacent to an activating group) is 1. The number of nitrogens with one attached hydrogen (secondary N) is 1. The summed E-state index contributed by atoms with van der Waals surface area (Å²) >= 11 is 0. The van der Waals surface area contributed by atoms with E-state index < -0.39 is 0 Å². The number of nitrogens with zero attached hydrogens (tertiary/aromatic N) is 1. The van der Waals surface area contributed by atoms with Gasteiger partial charge >= 0.3 is 0 Å². The fourth-order valence-corrected chi connectivity index (χ4v) is 2.90. The highest BCUT2D eigenvalue weighted by atomic mass is 16.5. The van der Waals surface area contributed by atoms with Gasteiger partial charge in [0.25, 0.3) is 0 Å². The summed E-state index contributed by atoms with van der Waals surface area (Å²) in [4.78, 5) is 14.3. The average Bonchev–Trinajstić information content (AvgIpc) is 2.97. The number of carbonyl (C=O) groups is 1. The lowest BCUT2D eigenvalue weighted by Gasteiger charge is -2.24. The third kappa shape index (κ3) is 4.13. The van der Waals surface area contributed by atoms with Gasteiger partial charge in [-0.15, -0.1) is 0 Å². The van der Waals surface area contributed by atoms with Crippen molar-refractivity contribution in [3.63, 3.8) is 0 Å². The summed E-state index contributed by atoms with van der Waals surface area (Å²) < 4.78 is 11.0. The molecule has 5 nitrogen and oxygen atoms in total. The van der Waals surface area contributed by atoms with Crippen LogP contribution in [-0.4, -0.2) is 50.7 Å². The Hall–Kier alpha value is -1.75. The third-order valence-corrected chi connectivity index (χ3v) is 4.03. The van der Waals surface area contributed by atoms with Gasteiger partial charge in [0.1, 0.15) is 0 Å². The Morgan fingerprint density at radius 2 is 2.23 bits per heavy atom. The number of benzene rings is 1. The standard InChI is InChI=1S/C17H26N2O3/c1-13-6-7-15(16(11-13)21-3)22-10-8-17(20)19-9-4-5-14(19)12-18-2/h6-7,11,14,18H,4-5,8-10,12H2,1-3H3/t14-/m1/s1. The van der Waals surface area contributed by atoms with Crippen LogP contribution in [0.3, 0.4) is 0 Å². The molecule has 5 heteroatoms. The fourth-order valence-electron chi connectivity index (χ4n) is 2.90. The highest BCUT2D eigenvalue weighted by Gasteiger charge is 2.27. The van der Waals surface area contributed by atoms with Gasteiger partial charge in [-0.2, -0.15) is 0 Å². The minimum atomic E-state index is 0.170. The lowest BCUT2D eigenvalue weighted by atomic mass is 10.2. The third-order valence-electron chi connectivity index (χ3n) is 4.03. The van der Waals surface area contributed by atoms with E-state index in [0.29, 0.717) is 30.6 Å². The van der Waals surface area contributed by atoms with E-state index in [1.807, 2.05) is 37.1 Å². The molecule has 0 bridgehead atoms. The fraction of sp³-hybridized carbons (Fsp3) is 0.588. The molecule has 122 valence electrons. The number of methoxy groups -OCH3 is 1. The van der Waals surface area contributed by atoms with Crippen molar-refractivity contribution in [1.29, 1.82) is 0 Å². The summed E-state index contributed by atoms with van der Waals surface area (Å²) in [6, 6.07) is 6.12. The Labute approximate surface area is 132 Å². The summed E-state index contributed by atoms with van der Waals surface area (Å²) in [6.45, 7) is 4.10. The molecule has 22 heavy (non-hydrogen) atoms. The van der Waals surface area contributed by atoms with Crippen LogP contribution in [0.1, 0.15) is 24.8 Å². The maximum Gasteiger partial charge on any atom is 0.226 e. The van der Waals surface area contributed by atoms with Crippen LogP contribution in [0, 0.1) is 6.92 Å². The molecule has 1 atom stereocenters. The Morgan fingerprint density at radius 3 is 2.95 bits per heavy atom. The van der Waals surface area contributed by atoms with E-state index in [2.05, 4.69) is 5.32 Å². The molecule has 1 amide bonds. The number of likely N-dealkylation sites (tertiary alicyclic amines) is 1. The molecule has 0 saturated carbocycles. The topological polar surface area (TPSA) is 50.8 Å². The molecule has 1 aliphatic heterocycles.